The quantitative estimate of drug-likeness (QED) is 0.834. The van der Waals surface area contributed by atoms with Gasteiger partial charge in [-0.15, -0.1) is 11.3 Å². The monoisotopic (exact) mass is 234 g/mol. The van der Waals surface area contributed by atoms with Crippen molar-refractivity contribution in [2.45, 2.75) is 26.4 Å². The van der Waals surface area contributed by atoms with Crippen LogP contribution in [0.15, 0.2) is 10.5 Å². The van der Waals surface area contributed by atoms with Gasteiger partial charge in [0.15, 0.2) is 0 Å². The molecule has 1 rings (SSSR count). The molecular weight excluding hydrogens is 224 g/mol. The fourth-order valence-electron chi connectivity index (χ4n) is 0.818. The molecule has 11 heavy (non-hydrogen) atoms. The molecule has 0 saturated carbocycles. The summed E-state index contributed by atoms with van der Waals surface area (Å²) in [6, 6.07) is 2.08. The van der Waals surface area contributed by atoms with Crippen LogP contribution in [0.3, 0.4) is 0 Å². The average molecular weight is 235 g/mol. The maximum absolute atomic E-state index is 8.89. The van der Waals surface area contributed by atoms with Crippen molar-refractivity contribution in [1.82, 2.24) is 0 Å². The Bertz CT molecular complexity index is 242. The second-order valence-corrected chi connectivity index (χ2v) is 4.76. The van der Waals surface area contributed by atoms with E-state index in [1.807, 2.05) is 0 Å². The molecule has 0 atom stereocenters. The molecule has 0 spiro atoms. The van der Waals surface area contributed by atoms with E-state index in [2.05, 4.69) is 35.8 Å². The highest BCUT2D eigenvalue weighted by Crippen LogP contribution is 2.31. The zero-order valence-corrected chi connectivity index (χ0v) is 9.00. The first-order valence-corrected chi connectivity index (χ1v) is 5.15. The minimum atomic E-state index is 0.137. The minimum absolute atomic E-state index is 0.137. The number of rotatable bonds is 2. The fraction of sp³-hybridized carbons (Fsp3) is 0.500. The Balaban J connectivity index is 2.95. The van der Waals surface area contributed by atoms with Gasteiger partial charge in [0.2, 0.25) is 0 Å². The van der Waals surface area contributed by atoms with Gasteiger partial charge in [-0.05, 0) is 27.9 Å². The molecule has 1 nitrogen and oxygen atoms in total. The molecule has 0 aliphatic rings. The summed E-state index contributed by atoms with van der Waals surface area (Å²) in [5, 5.41) is 8.89. The summed E-state index contributed by atoms with van der Waals surface area (Å²) in [4.78, 5) is 2.34. The first-order chi connectivity index (χ1) is 5.15. The summed E-state index contributed by atoms with van der Waals surface area (Å²) in [6.07, 6.45) is 0. The van der Waals surface area contributed by atoms with Crippen LogP contribution in [-0.4, -0.2) is 5.11 Å². The highest BCUT2D eigenvalue weighted by atomic mass is 79.9. The molecule has 0 bridgehead atoms. The Hall–Kier alpha value is 0.140. The van der Waals surface area contributed by atoms with Crippen molar-refractivity contribution in [2.24, 2.45) is 0 Å². The van der Waals surface area contributed by atoms with E-state index < -0.39 is 0 Å². The lowest BCUT2D eigenvalue weighted by Gasteiger charge is -1.96. The summed E-state index contributed by atoms with van der Waals surface area (Å²) in [7, 11) is 0. The smallest absolute Gasteiger partial charge is 0.0785 e. The van der Waals surface area contributed by atoms with E-state index >= 15 is 0 Å². The topological polar surface area (TPSA) is 20.2 Å². The maximum Gasteiger partial charge on any atom is 0.0785 e. The lowest BCUT2D eigenvalue weighted by Crippen LogP contribution is -1.77. The summed E-state index contributed by atoms with van der Waals surface area (Å²) < 4.78 is 1.04. The van der Waals surface area contributed by atoms with E-state index in [4.69, 9.17) is 5.11 Å². The number of aliphatic hydroxyl groups is 1. The Kier molecular flexibility index (Phi) is 3.10. The molecule has 0 fully saturated rings. The van der Waals surface area contributed by atoms with Crippen molar-refractivity contribution in [3.63, 3.8) is 0 Å². The van der Waals surface area contributed by atoms with Crippen LogP contribution in [0.2, 0.25) is 0 Å². The number of aliphatic hydroxyl groups excluding tert-OH is 1. The molecule has 0 amide bonds. The molecule has 0 radical (unpaired) electrons. The maximum atomic E-state index is 8.89. The Morgan fingerprint density at radius 2 is 2.27 bits per heavy atom. The van der Waals surface area contributed by atoms with Gasteiger partial charge in [0.05, 0.1) is 6.61 Å². The third kappa shape index (κ3) is 2.04. The summed E-state index contributed by atoms with van der Waals surface area (Å²) >= 11 is 5.07. The highest BCUT2D eigenvalue weighted by Gasteiger charge is 2.07. The van der Waals surface area contributed by atoms with Crippen LogP contribution >= 0.6 is 27.3 Å². The predicted octanol–water partition coefficient (Wildman–Crippen LogP) is 3.13. The van der Waals surface area contributed by atoms with Crippen molar-refractivity contribution in [3.8, 4) is 0 Å². The van der Waals surface area contributed by atoms with Gasteiger partial charge in [0.1, 0.15) is 0 Å². The standard InChI is InChI=1S/C8H11BrOS/c1-5(2)7-3-6(9)8(4-10)11-7/h3,5,10H,4H2,1-2H3. The van der Waals surface area contributed by atoms with E-state index in [9.17, 15) is 0 Å². The number of halogens is 1. The molecular formula is C8H11BrOS. The van der Waals surface area contributed by atoms with Gasteiger partial charge >= 0.3 is 0 Å². The third-order valence-electron chi connectivity index (χ3n) is 1.49. The van der Waals surface area contributed by atoms with E-state index in [-0.39, 0.29) is 6.61 Å². The summed E-state index contributed by atoms with van der Waals surface area (Å²) in [5.41, 5.74) is 0. The molecule has 1 heterocycles. The van der Waals surface area contributed by atoms with E-state index in [0.29, 0.717) is 5.92 Å². The SMILES string of the molecule is CC(C)c1cc(Br)c(CO)s1. The minimum Gasteiger partial charge on any atom is -0.391 e. The number of thiophene rings is 1. The lowest BCUT2D eigenvalue weighted by atomic mass is 10.2. The van der Waals surface area contributed by atoms with Crippen LogP contribution < -0.4 is 0 Å². The fourth-order valence-corrected chi connectivity index (χ4v) is 2.50. The van der Waals surface area contributed by atoms with Crippen molar-refractivity contribution in [3.05, 3.63) is 20.3 Å². The Morgan fingerprint density at radius 1 is 1.64 bits per heavy atom. The van der Waals surface area contributed by atoms with E-state index in [1.165, 1.54) is 4.88 Å². The van der Waals surface area contributed by atoms with Crippen LogP contribution in [-0.2, 0) is 6.61 Å². The number of hydrogen-bond donors (Lipinski definition) is 1. The zero-order valence-electron chi connectivity index (χ0n) is 6.60. The van der Waals surface area contributed by atoms with E-state index in [0.717, 1.165) is 9.35 Å². The molecule has 0 aromatic carbocycles. The van der Waals surface area contributed by atoms with Crippen LogP contribution in [0.25, 0.3) is 0 Å². The highest BCUT2D eigenvalue weighted by molar-refractivity contribution is 9.10. The van der Waals surface area contributed by atoms with Gasteiger partial charge in [-0.3, -0.25) is 0 Å². The van der Waals surface area contributed by atoms with Crippen molar-refractivity contribution < 1.29 is 5.11 Å². The predicted molar refractivity (Wildman–Crippen MR) is 52.0 cm³/mol. The third-order valence-corrected chi connectivity index (χ3v) is 3.88. The zero-order chi connectivity index (χ0) is 8.43. The molecule has 3 heteroatoms. The first kappa shape index (κ1) is 9.23. The molecule has 1 aromatic heterocycles. The van der Waals surface area contributed by atoms with Gasteiger partial charge in [0.25, 0.3) is 0 Å². The van der Waals surface area contributed by atoms with Gasteiger partial charge in [-0.25, -0.2) is 0 Å². The summed E-state index contributed by atoms with van der Waals surface area (Å²) in [6.45, 7) is 4.44. The second kappa shape index (κ2) is 3.70. The normalized spacial score (nSPS) is 11.0. The van der Waals surface area contributed by atoms with Gasteiger partial charge in [-0.2, -0.15) is 0 Å². The molecule has 0 saturated heterocycles. The molecule has 1 aromatic rings. The van der Waals surface area contributed by atoms with Crippen LogP contribution in [0.4, 0.5) is 0 Å². The van der Waals surface area contributed by atoms with Gasteiger partial charge in [0, 0.05) is 14.2 Å². The molecule has 0 aliphatic heterocycles. The van der Waals surface area contributed by atoms with Gasteiger partial charge in [-0.1, -0.05) is 13.8 Å². The Labute approximate surface area is 79.2 Å². The van der Waals surface area contributed by atoms with E-state index in [1.54, 1.807) is 11.3 Å². The molecule has 62 valence electrons. The van der Waals surface area contributed by atoms with Crippen LogP contribution in [0, 0.1) is 0 Å². The average Bonchev–Trinajstić information content (AvgIpc) is 2.31. The largest absolute Gasteiger partial charge is 0.391 e. The van der Waals surface area contributed by atoms with Crippen LogP contribution in [0.1, 0.15) is 29.5 Å². The molecule has 0 aliphatic carbocycles. The lowest BCUT2D eigenvalue weighted by molar-refractivity contribution is 0.285. The van der Waals surface area contributed by atoms with Crippen molar-refractivity contribution in [2.75, 3.05) is 0 Å². The molecule has 0 unspecified atom stereocenters. The first-order valence-electron chi connectivity index (χ1n) is 3.54. The van der Waals surface area contributed by atoms with Gasteiger partial charge < -0.3 is 5.11 Å². The summed E-state index contributed by atoms with van der Waals surface area (Å²) in [5.74, 6) is 0.552. The second-order valence-electron chi connectivity index (χ2n) is 2.73. The Morgan fingerprint density at radius 3 is 2.55 bits per heavy atom. The molecule has 1 N–H and O–H groups in total. The van der Waals surface area contributed by atoms with Crippen LogP contribution in [0.5, 0.6) is 0 Å². The van der Waals surface area contributed by atoms with Crippen molar-refractivity contribution >= 4 is 27.3 Å². The number of hydrogen-bond acceptors (Lipinski definition) is 2. The van der Waals surface area contributed by atoms with Crippen molar-refractivity contribution in [1.29, 1.82) is 0 Å².